The second-order valence-electron chi connectivity index (χ2n) is 4.28. The van der Waals surface area contributed by atoms with Gasteiger partial charge in [-0.05, 0) is 30.5 Å². The number of benzene rings is 1. The minimum Gasteiger partial charge on any atom is -0.478 e. The van der Waals surface area contributed by atoms with Crippen LogP contribution in [-0.2, 0) is 11.2 Å². The molecule has 0 saturated carbocycles. The molecule has 0 aliphatic rings. The number of hydrogen-bond acceptors (Lipinski definition) is 3. The number of hydrogen-bond donors (Lipinski definition) is 3. The number of urea groups is 1. The quantitative estimate of drug-likeness (QED) is 0.626. The number of carbonyl (C=O) groups excluding carboxylic acids is 1. The fraction of sp³-hybridized carbons (Fsp3) is 0.429. The van der Waals surface area contributed by atoms with Crippen molar-refractivity contribution in [2.45, 2.75) is 12.8 Å². The second-order valence-corrected chi connectivity index (χ2v) is 4.28. The van der Waals surface area contributed by atoms with E-state index in [1.807, 2.05) is 0 Å². The molecule has 0 bridgehead atoms. The van der Waals surface area contributed by atoms with Crippen LogP contribution in [0.15, 0.2) is 24.3 Å². The van der Waals surface area contributed by atoms with E-state index in [0.29, 0.717) is 26.1 Å². The third kappa shape index (κ3) is 6.19. The van der Waals surface area contributed by atoms with Gasteiger partial charge in [-0.2, -0.15) is 0 Å². The van der Waals surface area contributed by atoms with Crippen LogP contribution >= 0.6 is 0 Å². The van der Waals surface area contributed by atoms with Crippen LogP contribution in [0.25, 0.3) is 0 Å². The van der Waals surface area contributed by atoms with Gasteiger partial charge in [-0.15, -0.1) is 0 Å². The first-order chi connectivity index (χ1) is 9.63. The van der Waals surface area contributed by atoms with Crippen molar-refractivity contribution in [2.75, 3.05) is 26.8 Å². The number of ether oxygens (including phenoxy) is 1. The molecule has 0 aromatic heterocycles. The van der Waals surface area contributed by atoms with E-state index in [1.165, 1.54) is 0 Å². The number of carboxylic acid groups (broad SMARTS) is 1. The molecule has 0 unspecified atom stereocenters. The predicted molar refractivity (Wildman–Crippen MR) is 75.0 cm³/mol. The summed E-state index contributed by atoms with van der Waals surface area (Å²) in [6.45, 7) is 1.70. The van der Waals surface area contributed by atoms with Gasteiger partial charge in [0, 0.05) is 26.8 Å². The zero-order valence-electron chi connectivity index (χ0n) is 11.5. The first-order valence-corrected chi connectivity index (χ1v) is 6.46. The van der Waals surface area contributed by atoms with Gasteiger partial charge in [0.15, 0.2) is 0 Å². The molecule has 6 heteroatoms. The SMILES string of the molecule is COCCCNC(=O)NCCc1ccc(C(=O)O)cc1. The lowest BCUT2D eigenvalue weighted by Gasteiger charge is -2.07. The van der Waals surface area contributed by atoms with Crippen molar-refractivity contribution in [1.82, 2.24) is 10.6 Å². The molecule has 0 saturated heterocycles. The van der Waals surface area contributed by atoms with Gasteiger partial charge < -0.3 is 20.5 Å². The van der Waals surface area contributed by atoms with Crippen LogP contribution in [0, 0.1) is 0 Å². The monoisotopic (exact) mass is 280 g/mol. The largest absolute Gasteiger partial charge is 0.478 e. The van der Waals surface area contributed by atoms with Crippen molar-refractivity contribution >= 4 is 12.0 Å². The number of nitrogens with one attached hydrogen (secondary N) is 2. The lowest BCUT2D eigenvalue weighted by molar-refractivity contribution is 0.0697. The highest BCUT2D eigenvalue weighted by molar-refractivity contribution is 5.87. The maximum Gasteiger partial charge on any atom is 0.335 e. The van der Waals surface area contributed by atoms with Crippen molar-refractivity contribution in [3.8, 4) is 0 Å². The Morgan fingerprint density at radius 1 is 1.15 bits per heavy atom. The highest BCUT2D eigenvalue weighted by atomic mass is 16.5. The third-order valence-corrected chi connectivity index (χ3v) is 2.71. The molecule has 0 fully saturated rings. The fourth-order valence-electron chi connectivity index (χ4n) is 1.62. The molecule has 2 amide bonds. The van der Waals surface area contributed by atoms with E-state index < -0.39 is 5.97 Å². The number of carboxylic acids is 1. The van der Waals surface area contributed by atoms with E-state index in [2.05, 4.69) is 10.6 Å². The maximum absolute atomic E-state index is 11.4. The van der Waals surface area contributed by atoms with Gasteiger partial charge >= 0.3 is 12.0 Å². The van der Waals surface area contributed by atoms with Crippen LogP contribution in [0.3, 0.4) is 0 Å². The highest BCUT2D eigenvalue weighted by Crippen LogP contribution is 2.04. The Kier molecular flexibility index (Phi) is 7.13. The van der Waals surface area contributed by atoms with Crippen molar-refractivity contribution in [1.29, 1.82) is 0 Å². The van der Waals surface area contributed by atoms with E-state index in [1.54, 1.807) is 31.4 Å². The molecule has 6 nitrogen and oxygen atoms in total. The van der Waals surface area contributed by atoms with Crippen molar-refractivity contribution in [3.63, 3.8) is 0 Å². The first kappa shape index (κ1) is 16.0. The molecule has 110 valence electrons. The average Bonchev–Trinajstić information content (AvgIpc) is 2.44. The standard InChI is InChI=1S/C14H20N2O4/c1-20-10-2-8-15-14(19)16-9-7-11-3-5-12(6-4-11)13(17)18/h3-6H,2,7-10H2,1H3,(H,17,18)(H2,15,16,19). The normalized spacial score (nSPS) is 10.1. The van der Waals surface area contributed by atoms with Crippen molar-refractivity contribution in [3.05, 3.63) is 35.4 Å². The summed E-state index contributed by atoms with van der Waals surface area (Å²) in [5.41, 5.74) is 1.24. The van der Waals surface area contributed by atoms with Gasteiger partial charge in [-0.3, -0.25) is 0 Å². The number of rotatable bonds is 8. The van der Waals surface area contributed by atoms with Gasteiger partial charge in [-0.1, -0.05) is 12.1 Å². The predicted octanol–water partition coefficient (Wildman–Crippen LogP) is 1.26. The number of carbonyl (C=O) groups is 2. The number of amides is 2. The topological polar surface area (TPSA) is 87.7 Å². The van der Waals surface area contributed by atoms with E-state index in [0.717, 1.165) is 12.0 Å². The Balaban J connectivity index is 2.20. The van der Waals surface area contributed by atoms with E-state index in [4.69, 9.17) is 9.84 Å². The van der Waals surface area contributed by atoms with Crippen LogP contribution in [0.1, 0.15) is 22.3 Å². The van der Waals surface area contributed by atoms with Gasteiger partial charge in [0.2, 0.25) is 0 Å². The zero-order valence-corrected chi connectivity index (χ0v) is 11.5. The molecule has 1 aromatic carbocycles. The molecule has 1 aromatic rings. The summed E-state index contributed by atoms with van der Waals surface area (Å²) in [6.07, 6.45) is 1.44. The second kappa shape index (κ2) is 8.92. The van der Waals surface area contributed by atoms with Crippen molar-refractivity contribution < 1.29 is 19.4 Å². The van der Waals surface area contributed by atoms with Gasteiger partial charge in [0.25, 0.3) is 0 Å². The fourth-order valence-corrected chi connectivity index (χ4v) is 1.62. The van der Waals surface area contributed by atoms with Crippen LogP contribution in [0.4, 0.5) is 4.79 Å². The maximum atomic E-state index is 11.4. The first-order valence-electron chi connectivity index (χ1n) is 6.46. The molecule has 1 rings (SSSR count). The van der Waals surface area contributed by atoms with Crippen LogP contribution < -0.4 is 10.6 Å². The minimum atomic E-state index is -0.940. The summed E-state index contributed by atoms with van der Waals surface area (Å²) in [4.78, 5) is 22.1. The Morgan fingerprint density at radius 2 is 1.80 bits per heavy atom. The summed E-state index contributed by atoms with van der Waals surface area (Å²) in [7, 11) is 1.62. The van der Waals surface area contributed by atoms with Gasteiger partial charge in [0.1, 0.15) is 0 Å². The van der Waals surface area contributed by atoms with Crippen LogP contribution in [-0.4, -0.2) is 43.9 Å². The number of aromatic carboxylic acids is 1. The van der Waals surface area contributed by atoms with Crippen LogP contribution in [0.2, 0.25) is 0 Å². The zero-order chi connectivity index (χ0) is 14.8. The molecular formula is C14H20N2O4. The molecule has 0 radical (unpaired) electrons. The molecule has 0 aliphatic heterocycles. The molecule has 0 spiro atoms. The van der Waals surface area contributed by atoms with E-state index in [-0.39, 0.29) is 11.6 Å². The highest BCUT2D eigenvalue weighted by Gasteiger charge is 2.02. The molecule has 0 heterocycles. The summed E-state index contributed by atoms with van der Waals surface area (Å²) in [6, 6.07) is 6.41. The molecule has 20 heavy (non-hydrogen) atoms. The molecule has 3 N–H and O–H groups in total. The Bertz CT molecular complexity index is 431. The van der Waals surface area contributed by atoms with Crippen molar-refractivity contribution in [2.24, 2.45) is 0 Å². The summed E-state index contributed by atoms with van der Waals surface area (Å²) >= 11 is 0. The molecule has 0 aliphatic carbocycles. The molecule has 0 atom stereocenters. The van der Waals surface area contributed by atoms with E-state index in [9.17, 15) is 9.59 Å². The molecular weight excluding hydrogens is 260 g/mol. The summed E-state index contributed by atoms with van der Waals surface area (Å²) in [5.74, 6) is -0.940. The smallest absolute Gasteiger partial charge is 0.335 e. The van der Waals surface area contributed by atoms with Gasteiger partial charge in [0.05, 0.1) is 5.56 Å². The Hall–Kier alpha value is -2.08. The Labute approximate surface area is 118 Å². The van der Waals surface area contributed by atoms with Crippen LogP contribution in [0.5, 0.6) is 0 Å². The number of methoxy groups -OCH3 is 1. The summed E-state index contributed by atoms with van der Waals surface area (Å²) in [5, 5.41) is 14.2. The lowest BCUT2D eigenvalue weighted by atomic mass is 10.1. The average molecular weight is 280 g/mol. The summed E-state index contributed by atoms with van der Waals surface area (Å²) < 4.78 is 4.88. The van der Waals surface area contributed by atoms with E-state index >= 15 is 0 Å². The lowest BCUT2D eigenvalue weighted by Crippen LogP contribution is -2.37. The van der Waals surface area contributed by atoms with Gasteiger partial charge in [-0.25, -0.2) is 9.59 Å². The third-order valence-electron chi connectivity index (χ3n) is 2.71. The Morgan fingerprint density at radius 3 is 2.40 bits per heavy atom. The minimum absolute atomic E-state index is 0.205.